The summed E-state index contributed by atoms with van der Waals surface area (Å²) in [5, 5.41) is 29.4. The highest BCUT2D eigenvalue weighted by Crippen LogP contribution is 2.20. The van der Waals surface area contributed by atoms with Gasteiger partial charge in [0.2, 0.25) is 35.2 Å². The number of nitrogens with zero attached hydrogens (tertiary/aromatic N) is 12. The number of aryl methyl sites for hydroxylation is 8. The molecular weight excluding hydrogens is 1230 g/mol. The summed E-state index contributed by atoms with van der Waals surface area (Å²) in [6, 6.07) is 5.86. The number of hydrogen-bond acceptors (Lipinski definition) is 16. The van der Waals surface area contributed by atoms with E-state index in [2.05, 4.69) is 78.4 Å². The fourth-order valence-corrected chi connectivity index (χ4v) is 9.58. The van der Waals surface area contributed by atoms with Crippen molar-refractivity contribution in [3.05, 3.63) is 126 Å². The van der Waals surface area contributed by atoms with Crippen molar-refractivity contribution in [2.45, 2.75) is 46.0 Å². The lowest BCUT2D eigenvalue weighted by molar-refractivity contribution is -0.122. The number of ketones is 1. The van der Waals surface area contributed by atoms with Crippen LogP contribution in [-0.4, -0.2) is 153 Å². The Bertz CT molecular complexity index is 4290. The number of nitrogens with one attached hydrogen (secondary N) is 11. The molecule has 0 unspecified atom stereocenters. The Balaban J connectivity index is 0.708. The molecule has 8 aromatic heterocycles. The summed E-state index contributed by atoms with van der Waals surface area (Å²) in [4.78, 5) is 172. The van der Waals surface area contributed by atoms with Crippen molar-refractivity contribution in [1.82, 2.24) is 77.7 Å². The smallest absolute Gasteiger partial charge is 0.291 e. The molecule has 0 saturated heterocycles. The molecule has 0 bridgehead atoms. The van der Waals surface area contributed by atoms with Crippen molar-refractivity contribution in [2.75, 3.05) is 63.4 Å². The van der Waals surface area contributed by atoms with Gasteiger partial charge >= 0.3 is 0 Å². The third kappa shape index (κ3) is 17.9. The Kier molecular flexibility index (Phi) is 21.9. The van der Waals surface area contributed by atoms with Crippen molar-refractivity contribution in [1.29, 1.82) is 0 Å². The molecule has 0 saturated carbocycles. The van der Waals surface area contributed by atoms with Crippen molar-refractivity contribution in [2.24, 2.45) is 62.3 Å². The van der Waals surface area contributed by atoms with Crippen LogP contribution >= 0.6 is 0 Å². The van der Waals surface area contributed by atoms with Gasteiger partial charge in [0.05, 0.1) is 22.7 Å². The molecule has 35 heteroatoms. The topological polar surface area (TPSA) is 428 Å². The van der Waals surface area contributed by atoms with Gasteiger partial charge in [-0.2, -0.15) is 0 Å². The summed E-state index contributed by atoms with van der Waals surface area (Å²) < 4.78 is 11.8. The third-order valence-electron chi connectivity index (χ3n) is 14.5. The average Bonchev–Trinajstić information content (AvgIpc) is 1.72. The molecular formula is C60H73N23O12. The molecule has 0 aliphatic heterocycles. The second-order valence-corrected chi connectivity index (χ2v) is 22.4. The Morgan fingerprint density at radius 2 is 0.653 bits per heavy atom. The summed E-state index contributed by atoms with van der Waals surface area (Å²) in [7, 11) is 12.8. The highest BCUT2D eigenvalue weighted by molar-refractivity contribution is 6.07. The van der Waals surface area contributed by atoms with Crippen LogP contribution in [0.25, 0.3) is 0 Å². The first-order valence-corrected chi connectivity index (χ1v) is 29.6. The minimum Gasteiger partial charge on any atom is -0.351 e. The van der Waals surface area contributed by atoms with E-state index in [0.29, 0.717) is 11.4 Å². The van der Waals surface area contributed by atoms with Gasteiger partial charge in [-0.15, -0.1) is 0 Å². The monoisotopic (exact) mass is 1310 g/mol. The number of carbonyl (C=O) groups is 12. The largest absolute Gasteiger partial charge is 0.351 e. The number of imidazole rings is 4. The van der Waals surface area contributed by atoms with Crippen molar-refractivity contribution in [3.8, 4) is 0 Å². The zero-order valence-corrected chi connectivity index (χ0v) is 53.7. The van der Waals surface area contributed by atoms with Crippen molar-refractivity contribution < 1.29 is 57.5 Å². The lowest BCUT2D eigenvalue weighted by Gasteiger charge is -2.06. The van der Waals surface area contributed by atoms with E-state index in [9.17, 15) is 57.5 Å². The first-order valence-electron chi connectivity index (χ1n) is 29.6. The SMILES string of the molecule is CC(C)C(=O)CCNC(=O)c1cc(NC(=O)c2nc(NC(=O)CCNC(=O)c3cc(NC(=O)c4nc(NC(=O)CCCNC(=O)c5cc(NC(=O)c6nc(NC(=O)CCNC(=O)c7cc(NC(=O)c8nccn8C)cn7C)cn6C)cn5C)cn4C)cn3C)cn2C)cn1C. The summed E-state index contributed by atoms with van der Waals surface area (Å²) in [5.41, 5.74) is 2.07. The molecule has 0 spiro atoms. The number of hydrogen-bond donors (Lipinski definition) is 11. The fraction of sp³-hybridized carbons (Fsp3) is 0.333. The van der Waals surface area contributed by atoms with Crippen LogP contribution in [0.1, 0.15) is 130 Å². The van der Waals surface area contributed by atoms with Gasteiger partial charge in [0.15, 0.2) is 23.3 Å². The summed E-state index contributed by atoms with van der Waals surface area (Å²) >= 11 is 0. The molecule has 11 amide bonds. The third-order valence-corrected chi connectivity index (χ3v) is 14.5. The highest BCUT2D eigenvalue weighted by atomic mass is 16.2. The first kappa shape index (κ1) is 68.7. The molecule has 35 nitrogen and oxygen atoms in total. The van der Waals surface area contributed by atoms with E-state index in [0.717, 1.165) is 0 Å². The molecule has 500 valence electrons. The van der Waals surface area contributed by atoms with E-state index in [-0.39, 0.29) is 145 Å². The fourth-order valence-electron chi connectivity index (χ4n) is 9.58. The minimum absolute atomic E-state index is 0.0256. The summed E-state index contributed by atoms with van der Waals surface area (Å²) in [6.45, 7) is 3.73. The zero-order valence-electron chi connectivity index (χ0n) is 53.7. The molecule has 8 aromatic rings. The molecule has 11 N–H and O–H groups in total. The summed E-state index contributed by atoms with van der Waals surface area (Å²) in [6.07, 6.45) is 13.7. The van der Waals surface area contributed by atoms with Gasteiger partial charge in [0.25, 0.3) is 47.3 Å². The molecule has 0 fully saturated rings. The van der Waals surface area contributed by atoms with Crippen LogP contribution in [0, 0.1) is 5.92 Å². The van der Waals surface area contributed by atoms with Crippen LogP contribution in [0.3, 0.4) is 0 Å². The maximum absolute atomic E-state index is 13.3. The standard InChI is InChI=1S/C60H73N23O12/c1-33(2)42(84)13-17-63-54(89)39-24-36(28-79(39)6)68-60(95)52-75-45(32-83(52)10)72-48(87)15-19-65-56(91)41-25-37(29-80(41)7)69-58(93)50-73-43(30-81(50)8)70-46(85)12-11-16-62-53(88)38-23-35(27-77(38)4)67-59(94)51-74-44(31-82(51)9)71-47(86)14-18-64-55(90)40-22-34(26-78(40)5)66-57(92)49-61-20-21-76(49)3/h20-33H,11-19H2,1-10H3,(H,62,88)(H,63,89)(H,64,90)(H,65,91)(H,66,92)(H,67,94)(H,68,95)(H,69,93)(H,70,85)(H,71,86)(H,72,87). The van der Waals surface area contributed by atoms with Crippen LogP contribution in [0.2, 0.25) is 0 Å². The Morgan fingerprint density at radius 1 is 0.347 bits per heavy atom. The number of Topliss-reactive ketones (excluding diaryl/α,β-unsaturated/α-hetero) is 1. The van der Waals surface area contributed by atoms with Gasteiger partial charge in [-0.1, -0.05) is 13.8 Å². The number of amides is 11. The number of anilines is 7. The Hall–Kier alpha value is -12.2. The average molecular weight is 1310 g/mol. The van der Waals surface area contributed by atoms with Gasteiger partial charge in [0.1, 0.15) is 28.6 Å². The van der Waals surface area contributed by atoms with Crippen LogP contribution in [0.15, 0.2) is 80.0 Å². The maximum Gasteiger partial charge on any atom is 0.291 e. The van der Waals surface area contributed by atoms with E-state index in [1.54, 1.807) is 93.4 Å². The highest BCUT2D eigenvalue weighted by Gasteiger charge is 2.24. The minimum atomic E-state index is -0.650. The maximum atomic E-state index is 13.3. The predicted molar refractivity (Wildman–Crippen MR) is 344 cm³/mol. The van der Waals surface area contributed by atoms with E-state index in [1.807, 2.05) is 0 Å². The quantitative estimate of drug-likeness (QED) is 0.0299. The van der Waals surface area contributed by atoms with E-state index in [4.69, 9.17) is 0 Å². The molecule has 95 heavy (non-hydrogen) atoms. The van der Waals surface area contributed by atoms with Gasteiger partial charge in [-0.25, -0.2) is 19.9 Å². The van der Waals surface area contributed by atoms with Crippen LogP contribution in [0.4, 0.5) is 40.2 Å². The molecule has 0 atom stereocenters. The lowest BCUT2D eigenvalue weighted by Crippen LogP contribution is -2.29. The lowest BCUT2D eigenvalue weighted by atomic mass is 10.1. The van der Waals surface area contributed by atoms with Crippen molar-refractivity contribution in [3.63, 3.8) is 0 Å². The molecule has 0 aliphatic rings. The van der Waals surface area contributed by atoms with E-state index in [1.165, 1.54) is 93.4 Å². The van der Waals surface area contributed by atoms with Gasteiger partial charge in [-0.3, -0.25) is 57.5 Å². The van der Waals surface area contributed by atoms with Gasteiger partial charge in [0, 0.05) is 170 Å². The molecule has 0 radical (unpaired) electrons. The van der Waals surface area contributed by atoms with Crippen LogP contribution in [0.5, 0.6) is 0 Å². The van der Waals surface area contributed by atoms with E-state index < -0.39 is 65.0 Å². The molecule has 0 aliphatic carbocycles. The van der Waals surface area contributed by atoms with Gasteiger partial charge < -0.3 is 95.0 Å². The van der Waals surface area contributed by atoms with Crippen LogP contribution in [-0.2, 0) is 75.6 Å². The van der Waals surface area contributed by atoms with Crippen molar-refractivity contribution >= 4 is 111 Å². The Labute approximate surface area is 542 Å². The number of rotatable bonds is 29. The number of aromatic nitrogens is 12. The normalized spacial score (nSPS) is 11.0. The second-order valence-electron chi connectivity index (χ2n) is 22.4. The molecule has 8 heterocycles. The molecule has 0 aromatic carbocycles. The number of carbonyl (C=O) groups excluding carboxylic acids is 12. The van der Waals surface area contributed by atoms with Gasteiger partial charge in [-0.05, 0) is 30.7 Å². The van der Waals surface area contributed by atoms with E-state index >= 15 is 0 Å². The molecule has 8 rings (SSSR count). The second kappa shape index (κ2) is 30.3. The summed E-state index contributed by atoms with van der Waals surface area (Å²) in [5.74, 6) is -5.56. The Morgan fingerprint density at radius 3 is 0.968 bits per heavy atom. The van der Waals surface area contributed by atoms with Crippen LogP contribution < -0.4 is 58.5 Å². The predicted octanol–water partition coefficient (Wildman–Crippen LogP) is 1.99. The zero-order chi connectivity index (χ0) is 68.9. The first-order chi connectivity index (χ1) is 45.1.